The van der Waals surface area contributed by atoms with Crippen molar-refractivity contribution in [1.29, 1.82) is 0 Å². The lowest BCUT2D eigenvalue weighted by Crippen LogP contribution is -2.45. The summed E-state index contributed by atoms with van der Waals surface area (Å²) in [6.07, 6.45) is 4.78. The standard InChI is InChI=1S/C18H24N2O2/c1-12(2)14-8-5-13(6-9-14)7-10-16(21)15-4-3-11-20-18(22)17(15)19/h5-10,12,15,17H,3-4,11,19H2,1-2H3,(H,20,22). The monoisotopic (exact) mass is 300 g/mol. The molecule has 22 heavy (non-hydrogen) atoms. The number of rotatable bonds is 4. The van der Waals surface area contributed by atoms with Gasteiger partial charge in [-0.15, -0.1) is 0 Å². The van der Waals surface area contributed by atoms with E-state index in [1.54, 1.807) is 12.2 Å². The number of benzene rings is 1. The van der Waals surface area contributed by atoms with Crippen LogP contribution in [0.3, 0.4) is 0 Å². The van der Waals surface area contributed by atoms with E-state index in [4.69, 9.17) is 5.73 Å². The molecule has 1 saturated heterocycles. The van der Waals surface area contributed by atoms with Gasteiger partial charge in [0.15, 0.2) is 5.78 Å². The minimum absolute atomic E-state index is 0.0718. The number of ketones is 1. The average molecular weight is 300 g/mol. The number of allylic oxidation sites excluding steroid dienone is 1. The van der Waals surface area contributed by atoms with Crippen LogP contribution in [0.1, 0.15) is 43.7 Å². The van der Waals surface area contributed by atoms with E-state index >= 15 is 0 Å². The molecule has 118 valence electrons. The van der Waals surface area contributed by atoms with Gasteiger partial charge in [-0.1, -0.05) is 44.2 Å². The molecule has 2 atom stereocenters. The smallest absolute Gasteiger partial charge is 0.237 e. The van der Waals surface area contributed by atoms with Gasteiger partial charge in [0, 0.05) is 12.5 Å². The van der Waals surface area contributed by atoms with E-state index in [9.17, 15) is 9.59 Å². The molecule has 3 N–H and O–H groups in total. The largest absolute Gasteiger partial charge is 0.355 e. The van der Waals surface area contributed by atoms with Gasteiger partial charge in [0.25, 0.3) is 0 Å². The Morgan fingerprint density at radius 1 is 1.32 bits per heavy atom. The third-order valence-electron chi connectivity index (χ3n) is 4.14. The Morgan fingerprint density at radius 3 is 2.64 bits per heavy atom. The van der Waals surface area contributed by atoms with Crippen LogP contribution in [-0.2, 0) is 9.59 Å². The Balaban J connectivity index is 2.05. The highest BCUT2D eigenvalue weighted by Gasteiger charge is 2.30. The summed E-state index contributed by atoms with van der Waals surface area (Å²) in [6, 6.07) is 7.39. The second-order valence-corrected chi connectivity index (χ2v) is 6.12. The molecule has 1 aromatic rings. The molecule has 0 spiro atoms. The molecule has 0 aliphatic carbocycles. The fourth-order valence-electron chi connectivity index (χ4n) is 2.63. The first-order valence-corrected chi connectivity index (χ1v) is 7.84. The third-order valence-corrected chi connectivity index (χ3v) is 4.14. The number of nitrogens with two attached hydrogens (primary N) is 1. The molecule has 0 radical (unpaired) electrons. The van der Waals surface area contributed by atoms with Crippen LogP contribution in [0.2, 0.25) is 0 Å². The summed E-state index contributed by atoms with van der Waals surface area (Å²) in [7, 11) is 0. The fourth-order valence-corrected chi connectivity index (χ4v) is 2.63. The minimum Gasteiger partial charge on any atom is -0.355 e. The number of carbonyl (C=O) groups excluding carboxylic acids is 2. The Kier molecular flexibility index (Phi) is 5.50. The van der Waals surface area contributed by atoms with Crippen LogP contribution in [0.5, 0.6) is 0 Å². The lowest BCUT2D eigenvalue weighted by molar-refractivity contribution is -0.127. The second-order valence-electron chi connectivity index (χ2n) is 6.12. The predicted molar refractivity (Wildman–Crippen MR) is 88.3 cm³/mol. The fraction of sp³-hybridized carbons (Fsp3) is 0.444. The SMILES string of the molecule is CC(C)c1ccc(C=CC(=O)C2CCCNC(=O)C2N)cc1. The van der Waals surface area contributed by atoms with E-state index < -0.39 is 12.0 Å². The highest BCUT2D eigenvalue weighted by molar-refractivity contribution is 5.99. The summed E-state index contributed by atoms with van der Waals surface area (Å²) in [5, 5.41) is 2.73. The van der Waals surface area contributed by atoms with Gasteiger partial charge >= 0.3 is 0 Å². The summed E-state index contributed by atoms with van der Waals surface area (Å²) in [4.78, 5) is 24.0. The van der Waals surface area contributed by atoms with Crippen molar-refractivity contribution in [2.24, 2.45) is 11.7 Å². The quantitative estimate of drug-likeness (QED) is 0.838. The molecule has 0 bridgehead atoms. The van der Waals surface area contributed by atoms with Gasteiger partial charge in [0.1, 0.15) is 0 Å². The zero-order valence-electron chi connectivity index (χ0n) is 13.2. The Labute approximate surface area is 131 Å². The molecule has 1 aliphatic heterocycles. The average Bonchev–Trinajstić information content (AvgIpc) is 2.67. The molecule has 0 saturated carbocycles. The van der Waals surface area contributed by atoms with Crippen molar-refractivity contribution in [2.75, 3.05) is 6.54 Å². The Morgan fingerprint density at radius 2 is 2.00 bits per heavy atom. The van der Waals surface area contributed by atoms with Crippen LogP contribution < -0.4 is 11.1 Å². The molecule has 1 fully saturated rings. The molecule has 4 heteroatoms. The van der Waals surface area contributed by atoms with E-state index in [2.05, 4.69) is 31.3 Å². The summed E-state index contributed by atoms with van der Waals surface area (Å²) in [5.74, 6) is -0.237. The van der Waals surface area contributed by atoms with Crippen LogP contribution in [0.25, 0.3) is 6.08 Å². The van der Waals surface area contributed by atoms with Crippen molar-refractivity contribution in [3.63, 3.8) is 0 Å². The summed E-state index contributed by atoms with van der Waals surface area (Å²) >= 11 is 0. The van der Waals surface area contributed by atoms with E-state index in [0.717, 1.165) is 12.0 Å². The molecule has 0 aromatic heterocycles. The maximum atomic E-state index is 12.3. The van der Waals surface area contributed by atoms with Gasteiger partial charge in [-0.3, -0.25) is 9.59 Å². The first-order valence-electron chi connectivity index (χ1n) is 7.84. The molecule has 1 amide bonds. The normalized spacial score (nSPS) is 22.6. The summed E-state index contributed by atoms with van der Waals surface area (Å²) < 4.78 is 0. The summed E-state index contributed by atoms with van der Waals surface area (Å²) in [5.41, 5.74) is 8.12. The number of carbonyl (C=O) groups is 2. The van der Waals surface area contributed by atoms with E-state index in [1.807, 2.05) is 12.1 Å². The van der Waals surface area contributed by atoms with Crippen LogP contribution in [-0.4, -0.2) is 24.3 Å². The van der Waals surface area contributed by atoms with Crippen molar-refractivity contribution >= 4 is 17.8 Å². The highest BCUT2D eigenvalue weighted by Crippen LogP contribution is 2.18. The number of amides is 1. The topological polar surface area (TPSA) is 72.2 Å². The first kappa shape index (κ1) is 16.4. The summed E-state index contributed by atoms with van der Waals surface area (Å²) in [6.45, 7) is 4.89. The van der Waals surface area contributed by atoms with Gasteiger partial charge in [-0.2, -0.15) is 0 Å². The molecule has 1 aliphatic rings. The van der Waals surface area contributed by atoms with Gasteiger partial charge in [-0.05, 0) is 36.0 Å². The number of nitrogens with one attached hydrogen (secondary N) is 1. The molecule has 2 unspecified atom stereocenters. The lowest BCUT2D eigenvalue weighted by Gasteiger charge is -2.16. The zero-order chi connectivity index (χ0) is 16.1. The van der Waals surface area contributed by atoms with Gasteiger partial charge in [-0.25, -0.2) is 0 Å². The molecule has 1 heterocycles. The van der Waals surface area contributed by atoms with Crippen molar-refractivity contribution in [2.45, 2.75) is 38.6 Å². The molecule has 2 rings (SSSR count). The van der Waals surface area contributed by atoms with Crippen LogP contribution in [0.4, 0.5) is 0 Å². The maximum absolute atomic E-state index is 12.3. The van der Waals surface area contributed by atoms with Crippen molar-refractivity contribution < 1.29 is 9.59 Å². The van der Waals surface area contributed by atoms with Crippen molar-refractivity contribution in [3.8, 4) is 0 Å². The number of hydrogen-bond acceptors (Lipinski definition) is 3. The first-order chi connectivity index (χ1) is 10.5. The second kappa shape index (κ2) is 7.36. The van der Waals surface area contributed by atoms with E-state index in [0.29, 0.717) is 18.9 Å². The Hall–Kier alpha value is -1.94. The van der Waals surface area contributed by atoms with E-state index in [-0.39, 0.29) is 11.7 Å². The van der Waals surface area contributed by atoms with Crippen molar-refractivity contribution in [3.05, 3.63) is 41.5 Å². The van der Waals surface area contributed by atoms with Crippen LogP contribution in [0.15, 0.2) is 30.3 Å². The lowest BCUT2D eigenvalue weighted by atomic mass is 9.91. The predicted octanol–water partition coefficient (Wildman–Crippen LogP) is 2.25. The number of hydrogen-bond donors (Lipinski definition) is 2. The zero-order valence-corrected chi connectivity index (χ0v) is 13.2. The van der Waals surface area contributed by atoms with Crippen molar-refractivity contribution in [1.82, 2.24) is 5.32 Å². The van der Waals surface area contributed by atoms with Crippen LogP contribution in [0, 0.1) is 5.92 Å². The molecular formula is C18H24N2O2. The molecule has 4 nitrogen and oxygen atoms in total. The highest BCUT2D eigenvalue weighted by atomic mass is 16.2. The maximum Gasteiger partial charge on any atom is 0.237 e. The third kappa shape index (κ3) is 4.04. The molecule has 1 aromatic carbocycles. The van der Waals surface area contributed by atoms with Crippen LogP contribution >= 0.6 is 0 Å². The van der Waals surface area contributed by atoms with Gasteiger partial charge in [0.05, 0.1) is 6.04 Å². The molecular weight excluding hydrogens is 276 g/mol. The van der Waals surface area contributed by atoms with E-state index in [1.165, 1.54) is 5.56 Å². The van der Waals surface area contributed by atoms with Gasteiger partial charge < -0.3 is 11.1 Å². The van der Waals surface area contributed by atoms with Gasteiger partial charge in [0.2, 0.25) is 5.91 Å². The Bertz CT molecular complexity index is 561. The minimum atomic E-state index is -0.747.